The zero-order valence-electron chi connectivity index (χ0n) is 15.2. The molecule has 26 heavy (non-hydrogen) atoms. The van der Waals surface area contributed by atoms with Gasteiger partial charge in [0, 0.05) is 45.1 Å². The molecule has 2 amide bonds. The minimum absolute atomic E-state index is 0.189. The first-order valence-electron chi connectivity index (χ1n) is 9.68. The number of amides is 2. The number of cyclic esters (lactones) is 1. The van der Waals surface area contributed by atoms with Crippen molar-refractivity contribution in [3.8, 4) is 0 Å². The summed E-state index contributed by atoms with van der Waals surface area (Å²) in [5.41, 5.74) is 2.22. The average molecular weight is 361 g/mol. The maximum Gasteiger partial charge on any atom is 0.410 e. The molecule has 1 aromatic heterocycles. The summed E-state index contributed by atoms with van der Waals surface area (Å²) in [6.45, 7) is 5.44. The number of rotatable bonds is 4. The minimum Gasteiger partial charge on any atom is -0.448 e. The second-order valence-corrected chi connectivity index (χ2v) is 7.30. The van der Waals surface area contributed by atoms with Crippen LogP contribution < -0.4 is 5.32 Å². The van der Waals surface area contributed by atoms with Crippen LogP contribution in [0.1, 0.15) is 37.1 Å². The molecule has 0 bridgehead atoms. The van der Waals surface area contributed by atoms with Crippen LogP contribution in [0.25, 0.3) is 0 Å². The van der Waals surface area contributed by atoms with Gasteiger partial charge in [0.15, 0.2) is 0 Å². The lowest BCUT2D eigenvalue weighted by molar-refractivity contribution is -0.132. The van der Waals surface area contributed by atoms with Gasteiger partial charge in [0.1, 0.15) is 6.61 Å². The van der Waals surface area contributed by atoms with Crippen molar-refractivity contribution in [3.63, 3.8) is 0 Å². The van der Waals surface area contributed by atoms with Gasteiger partial charge in [-0.25, -0.2) is 4.79 Å². The first-order valence-corrected chi connectivity index (χ1v) is 9.68. The summed E-state index contributed by atoms with van der Waals surface area (Å²) >= 11 is 0. The first kappa shape index (κ1) is 17.3. The molecular formula is C18H27N5O3. The summed E-state index contributed by atoms with van der Waals surface area (Å²) in [5, 5.41) is 8.04. The zero-order chi connectivity index (χ0) is 17.9. The third kappa shape index (κ3) is 3.70. The molecule has 4 rings (SSSR count). The van der Waals surface area contributed by atoms with Crippen LogP contribution in [0.3, 0.4) is 0 Å². The zero-order valence-corrected chi connectivity index (χ0v) is 15.2. The molecule has 3 aliphatic rings. The molecule has 0 aromatic carbocycles. The topological polar surface area (TPSA) is 79.7 Å². The number of carbonyl (C=O) groups excluding carboxylic acids is 2. The van der Waals surface area contributed by atoms with Crippen molar-refractivity contribution in [2.75, 3.05) is 32.8 Å². The molecule has 1 aromatic rings. The van der Waals surface area contributed by atoms with Crippen molar-refractivity contribution in [1.29, 1.82) is 0 Å². The highest BCUT2D eigenvalue weighted by atomic mass is 16.6. The number of fused-ring (bicyclic) bond motifs is 1. The van der Waals surface area contributed by atoms with Gasteiger partial charge in [-0.1, -0.05) is 0 Å². The van der Waals surface area contributed by atoms with Gasteiger partial charge in [0.25, 0.3) is 0 Å². The highest BCUT2D eigenvalue weighted by molar-refractivity contribution is 5.76. The molecule has 0 saturated carbocycles. The number of aromatic nitrogens is 2. The van der Waals surface area contributed by atoms with E-state index in [1.165, 1.54) is 5.69 Å². The van der Waals surface area contributed by atoms with E-state index in [4.69, 9.17) is 4.74 Å². The lowest BCUT2D eigenvalue weighted by Crippen LogP contribution is -2.47. The number of nitrogens with one attached hydrogen (secondary N) is 1. The number of aryl methyl sites for hydroxylation is 2. The van der Waals surface area contributed by atoms with Gasteiger partial charge in [-0.15, -0.1) is 0 Å². The fourth-order valence-corrected chi connectivity index (χ4v) is 4.10. The lowest BCUT2D eigenvalue weighted by atomic mass is 10.0. The minimum atomic E-state index is -0.205. The summed E-state index contributed by atoms with van der Waals surface area (Å²) in [5.74, 6) is 0.189. The van der Waals surface area contributed by atoms with Gasteiger partial charge in [0.05, 0.1) is 17.9 Å². The van der Waals surface area contributed by atoms with E-state index in [1.807, 2.05) is 9.80 Å². The van der Waals surface area contributed by atoms with E-state index in [0.717, 1.165) is 57.7 Å². The maximum atomic E-state index is 12.5. The third-order valence-corrected chi connectivity index (χ3v) is 5.59. The van der Waals surface area contributed by atoms with Crippen molar-refractivity contribution in [1.82, 2.24) is 24.9 Å². The molecule has 0 radical (unpaired) electrons. The normalized spacial score (nSPS) is 21.5. The number of likely N-dealkylation sites (tertiary alicyclic amines) is 1. The lowest BCUT2D eigenvalue weighted by Gasteiger charge is -2.35. The molecule has 3 aliphatic heterocycles. The molecule has 0 unspecified atom stereocenters. The molecule has 1 N–H and O–H groups in total. The van der Waals surface area contributed by atoms with Crippen LogP contribution in [0.4, 0.5) is 4.79 Å². The first-order chi connectivity index (χ1) is 12.7. The van der Waals surface area contributed by atoms with Crippen LogP contribution in [-0.4, -0.2) is 70.4 Å². The molecule has 4 heterocycles. The average Bonchev–Trinajstić information content (AvgIpc) is 3.20. The van der Waals surface area contributed by atoms with Crippen molar-refractivity contribution in [2.45, 2.75) is 51.2 Å². The summed E-state index contributed by atoms with van der Waals surface area (Å²) in [6.07, 6.45) is 3.75. The van der Waals surface area contributed by atoms with Gasteiger partial charge < -0.3 is 19.9 Å². The number of hydrogen-bond acceptors (Lipinski definition) is 5. The number of ether oxygens (including phenoxy) is 1. The molecule has 0 spiro atoms. The predicted molar refractivity (Wildman–Crippen MR) is 94.5 cm³/mol. The van der Waals surface area contributed by atoms with Crippen molar-refractivity contribution in [3.05, 3.63) is 17.5 Å². The maximum absolute atomic E-state index is 12.5. The monoisotopic (exact) mass is 361 g/mol. The molecule has 0 aliphatic carbocycles. The van der Waals surface area contributed by atoms with E-state index in [0.29, 0.717) is 26.0 Å². The molecule has 142 valence electrons. The van der Waals surface area contributed by atoms with Gasteiger partial charge in [0.2, 0.25) is 5.91 Å². The molecule has 0 atom stereocenters. The van der Waals surface area contributed by atoms with E-state index in [9.17, 15) is 9.59 Å². The molecule has 2 fully saturated rings. The Morgan fingerprint density at radius 3 is 2.88 bits per heavy atom. The fourth-order valence-electron chi connectivity index (χ4n) is 4.10. The van der Waals surface area contributed by atoms with Crippen LogP contribution in [-0.2, 0) is 29.0 Å². The van der Waals surface area contributed by atoms with Crippen LogP contribution >= 0.6 is 0 Å². The Morgan fingerprint density at radius 1 is 1.27 bits per heavy atom. The van der Waals surface area contributed by atoms with E-state index < -0.39 is 0 Å². The Morgan fingerprint density at radius 2 is 2.12 bits per heavy atom. The largest absolute Gasteiger partial charge is 0.448 e. The van der Waals surface area contributed by atoms with Crippen LogP contribution in [0, 0.1) is 0 Å². The molecular weight excluding hydrogens is 334 g/mol. The number of carbonyl (C=O) groups is 2. The van der Waals surface area contributed by atoms with Crippen molar-refractivity contribution >= 4 is 12.0 Å². The van der Waals surface area contributed by atoms with Crippen LogP contribution in [0.5, 0.6) is 0 Å². The SMILES string of the molecule is O=C(CCc1cc2n(n1)CCCNC2)N1CCC(N2CCOC2=O)CC1. The van der Waals surface area contributed by atoms with E-state index >= 15 is 0 Å². The molecule has 2 saturated heterocycles. The van der Waals surface area contributed by atoms with Gasteiger partial charge in [-0.05, 0) is 31.9 Å². The third-order valence-electron chi connectivity index (χ3n) is 5.59. The van der Waals surface area contributed by atoms with E-state index in [1.54, 1.807) is 0 Å². The quantitative estimate of drug-likeness (QED) is 0.856. The van der Waals surface area contributed by atoms with E-state index in [2.05, 4.69) is 21.2 Å². The van der Waals surface area contributed by atoms with Gasteiger partial charge in [-0.2, -0.15) is 5.10 Å². The second kappa shape index (κ2) is 7.65. The van der Waals surface area contributed by atoms with Crippen molar-refractivity contribution in [2.24, 2.45) is 0 Å². The smallest absolute Gasteiger partial charge is 0.410 e. The number of piperidine rings is 1. The number of hydrogen-bond donors (Lipinski definition) is 1. The molecule has 8 heteroatoms. The predicted octanol–water partition coefficient (Wildman–Crippen LogP) is 0.752. The number of nitrogens with zero attached hydrogens (tertiary/aromatic N) is 4. The highest BCUT2D eigenvalue weighted by Crippen LogP contribution is 2.21. The van der Waals surface area contributed by atoms with Crippen LogP contribution in [0.2, 0.25) is 0 Å². The van der Waals surface area contributed by atoms with Gasteiger partial charge >= 0.3 is 6.09 Å². The molecule has 8 nitrogen and oxygen atoms in total. The standard InChI is InChI=1S/C18H27N5O3/c24-17(3-2-14-12-16-13-19-6-1-7-23(16)20-14)21-8-4-15(5-9-21)22-10-11-26-18(22)25/h12,15,19H,1-11,13H2. The van der Waals surface area contributed by atoms with Crippen LogP contribution in [0.15, 0.2) is 6.07 Å². The summed E-state index contributed by atoms with van der Waals surface area (Å²) in [6, 6.07) is 2.34. The Bertz CT molecular complexity index is 642. The Kier molecular flexibility index (Phi) is 5.10. The van der Waals surface area contributed by atoms with Gasteiger partial charge in [-0.3, -0.25) is 9.48 Å². The summed E-state index contributed by atoms with van der Waals surface area (Å²) < 4.78 is 7.09. The highest BCUT2D eigenvalue weighted by Gasteiger charge is 2.33. The summed E-state index contributed by atoms with van der Waals surface area (Å²) in [4.78, 5) is 27.9. The fraction of sp³-hybridized carbons (Fsp3) is 0.722. The Labute approximate surface area is 153 Å². The summed E-state index contributed by atoms with van der Waals surface area (Å²) in [7, 11) is 0. The van der Waals surface area contributed by atoms with E-state index in [-0.39, 0.29) is 18.0 Å². The van der Waals surface area contributed by atoms with Crippen molar-refractivity contribution < 1.29 is 14.3 Å². The Balaban J connectivity index is 1.25. The Hall–Kier alpha value is -2.09. The second-order valence-electron chi connectivity index (χ2n) is 7.30.